The largest absolute Gasteiger partial charge is 0.382 e. The lowest BCUT2D eigenvalue weighted by Crippen LogP contribution is -2.15. The Bertz CT molecular complexity index is 504. The number of nitrogens with two attached hydrogens (primary N) is 1. The van der Waals surface area contributed by atoms with Gasteiger partial charge >= 0.3 is 0 Å². The molecule has 0 aromatic carbocycles. The third kappa shape index (κ3) is 2.16. The van der Waals surface area contributed by atoms with Gasteiger partial charge in [-0.2, -0.15) is 4.37 Å². The van der Waals surface area contributed by atoms with Crippen LogP contribution >= 0.6 is 11.5 Å². The van der Waals surface area contributed by atoms with Crippen LogP contribution in [0.3, 0.4) is 0 Å². The number of rotatable bonds is 4. The Morgan fingerprint density at radius 3 is 3.06 bits per heavy atom. The molecule has 2 aromatic heterocycles. The topological polar surface area (TPSA) is 114 Å². The number of hydrogen-bond acceptors (Lipinski definition) is 7. The Hall–Kier alpha value is -1.96. The van der Waals surface area contributed by atoms with Gasteiger partial charge in [0.25, 0.3) is 0 Å². The van der Waals surface area contributed by atoms with E-state index in [1.165, 1.54) is 11.5 Å². The first-order valence-corrected chi connectivity index (χ1v) is 5.27. The molecule has 8 heteroatoms. The molecule has 0 saturated heterocycles. The summed E-state index contributed by atoms with van der Waals surface area (Å²) in [5, 5.41) is 18.5. The highest BCUT2D eigenvalue weighted by Gasteiger charge is 2.12. The Morgan fingerprint density at radius 1 is 1.62 bits per heavy atom. The van der Waals surface area contributed by atoms with Crippen molar-refractivity contribution in [3.8, 4) is 0 Å². The summed E-state index contributed by atoms with van der Waals surface area (Å²) in [6, 6.07) is 1.92. The summed E-state index contributed by atoms with van der Waals surface area (Å²) in [5.74, 6) is -0.154. The molecule has 84 valence electrons. The van der Waals surface area contributed by atoms with Crippen LogP contribution in [0.5, 0.6) is 0 Å². The first kappa shape index (κ1) is 10.6. The van der Waals surface area contributed by atoms with Crippen molar-refractivity contribution in [3.63, 3.8) is 0 Å². The zero-order valence-corrected chi connectivity index (χ0v) is 9.34. The standard InChI is InChI=1S/C8H10N6OS/c1-4-2-6(16-14-4)11-3-5-7(8(9)10)13-15-12-5/h2,11H,3H2,1H3,(H3,9,10). The van der Waals surface area contributed by atoms with Crippen LogP contribution in [0.15, 0.2) is 10.7 Å². The molecule has 0 spiro atoms. The Labute approximate surface area is 95.3 Å². The summed E-state index contributed by atoms with van der Waals surface area (Å²) in [5.41, 5.74) is 7.06. The van der Waals surface area contributed by atoms with Gasteiger partial charge in [0.1, 0.15) is 16.5 Å². The molecule has 7 nitrogen and oxygen atoms in total. The third-order valence-electron chi connectivity index (χ3n) is 1.87. The summed E-state index contributed by atoms with van der Waals surface area (Å²) in [4.78, 5) is 0. The zero-order chi connectivity index (χ0) is 11.5. The molecule has 2 aromatic rings. The van der Waals surface area contributed by atoms with Gasteiger partial charge in [0.2, 0.25) is 0 Å². The number of nitrogens with one attached hydrogen (secondary N) is 2. The molecule has 0 atom stereocenters. The number of aromatic nitrogens is 3. The van der Waals surface area contributed by atoms with Crippen LogP contribution in [-0.4, -0.2) is 20.5 Å². The SMILES string of the molecule is Cc1cc(NCc2nonc2C(=N)N)sn1. The molecule has 16 heavy (non-hydrogen) atoms. The molecule has 0 aliphatic carbocycles. The van der Waals surface area contributed by atoms with E-state index < -0.39 is 0 Å². The molecule has 0 aliphatic heterocycles. The van der Waals surface area contributed by atoms with Crippen molar-refractivity contribution in [1.82, 2.24) is 14.7 Å². The van der Waals surface area contributed by atoms with Crippen molar-refractivity contribution in [1.29, 1.82) is 5.41 Å². The van der Waals surface area contributed by atoms with Crippen molar-refractivity contribution in [2.45, 2.75) is 13.5 Å². The summed E-state index contributed by atoms with van der Waals surface area (Å²) in [7, 11) is 0. The second-order valence-corrected chi connectivity index (χ2v) is 3.96. The van der Waals surface area contributed by atoms with E-state index in [0.29, 0.717) is 12.2 Å². The Balaban J connectivity index is 2.04. The molecule has 0 bridgehead atoms. The maximum Gasteiger partial charge on any atom is 0.174 e. The maximum atomic E-state index is 7.26. The van der Waals surface area contributed by atoms with E-state index in [4.69, 9.17) is 11.1 Å². The van der Waals surface area contributed by atoms with Crippen LogP contribution in [0, 0.1) is 12.3 Å². The van der Waals surface area contributed by atoms with Gasteiger partial charge in [0.15, 0.2) is 5.69 Å². The fourth-order valence-electron chi connectivity index (χ4n) is 1.14. The van der Waals surface area contributed by atoms with Crippen LogP contribution in [0.25, 0.3) is 0 Å². The number of nitrogen functional groups attached to an aromatic ring is 1. The van der Waals surface area contributed by atoms with Gasteiger partial charge in [-0.05, 0) is 29.7 Å². The van der Waals surface area contributed by atoms with Crippen molar-refractivity contribution < 1.29 is 4.63 Å². The number of hydrogen-bond donors (Lipinski definition) is 3. The van der Waals surface area contributed by atoms with Gasteiger partial charge in [-0.1, -0.05) is 5.16 Å². The van der Waals surface area contributed by atoms with E-state index in [1.807, 2.05) is 13.0 Å². The van der Waals surface area contributed by atoms with E-state index in [-0.39, 0.29) is 11.5 Å². The van der Waals surface area contributed by atoms with Gasteiger partial charge in [-0.3, -0.25) is 5.41 Å². The number of anilines is 1. The second-order valence-electron chi connectivity index (χ2n) is 3.16. The van der Waals surface area contributed by atoms with Gasteiger partial charge in [0.05, 0.1) is 12.2 Å². The molecule has 0 unspecified atom stereocenters. The molecular weight excluding hydrogens is 228 g/mol. The molecule has 0 aliphatic rings. The quantitative estimate of drug-likeness (QED) is 0.534. The maximum absolute atomic E-state index is 7.26. The lowest BCUT2D eigenvalue weighted by Gasteiger charge is -1.99. The zero-order valence-electron chi connectivity index (χ0n) is 8.52. The summed E-state index contributed by atoms with van der Waals surface area (Å²) >= 11 is 1.36. The minimum absolute atomic E-state index is 0.154. The minimum atomic E-state index is -0.154. The van der Waals surface area contributed by atoms with Crippen LogP contribution in [0.2, 0.25) is 0 Å². The lowest BCUT2D eigenvalue weighted by atomic mass is 10.3. The predicted octanol–water partition coefficient (Wildman–Crippen LogP) is 0.731. The average molecular weight is 238 g/mol. The fourth-order valence-corrected chi connectivity index (χ4v) is 1.80. The van der Waals surface area contributed by atoms with Gasteiger partial charge in [-0.25, -0.2) is 4.63 Å². The van der Waals surface area contributed by atoms with E-state index in [0.717, 1.165) is 10.7 Å². The molecule has 0 radical (unpaired) electrons. The molecule has 2 rings (SSSR count). The highest BCUT2D eigenvalue weighted by Crippen LogP contribution is 2.16. The van der Waals surface area contributed by atoms with Gasteiger partial charge in [0, 0.05) is 0 Å². The third-order valence-corrected chi connectivity index (χ3v) is 2.71. The second kappa shape index (κ2) is 4.27. The van der Waals surface area contributed by atoms with Crippen molar-refractivity contribution in [3.05, 3.63) is 23.1 Å². The van der Waals surface area contributed by atoms with Crippen molar-refractivity contribution in [2.24, 2.45) is 5.73 Å². The highest BCUT2D eigenvalue weighted by molar-refractivity contribution is 7.10. The molecule has 0 saturated carbocycles. The monoisotopic (exact) mass is 238 g/mol. The highest BCUT2D eigenvalue weighted by atomic mass is 32.1. The van der Waals surface area contributed by atoms with Crippen molar-refractivity contribution in [2.75, 3.05) is 5.32 Å². The first-order chi connectivity index (χ1) is 7.66. The predicted molar refractivity (Wildman–Crippen MR) is 59.5 cm³/mol. The smallest absolute Gasteiger partial charge is 0.174 e. The Kier molecular flexibility index (Phi) is 2.82. The van der Waals surface area contributed by atoms with E-state index in [2.05, 4.69) is 24.6 Å². The number of amidine groups is 1. The van der Waals surface area contributed by atoms with Crippen LogP contribution < -0.4 is 11.1 Å². The minimum Gasteiger partial charge on any atom is -0.382 e. The summed E-state index contributed by atoms with van der Waals surface area (Å²) < 4.78 is 8.65. The number of nitrogens with zero attached hydrogens (tertiary/aromatic N) is 3. The molecule has 0 fully saturated rings. The fraction of sp³-hybridized carbons (Fsp3) is 0.250. The van der Waals surface area contributed by atoms with E-state index >= 15 is 0 Å². The molecule has 4 N–H and O–H groups in total. The van der Waals surface area contributed by atoms with Gasteiger partial charge in [-0.15, -0.1) is 0 Å². The molecular formula is C8H10N6OS. The molecule has 0 amide bonds. The molecule has 2 heterocycles. The number of aryl methyl sites for hydroxylation is 1. The first-order valence-electron chi connectivity index (χ1n) is 4.50. The van der Waals surface area contributed by atoms with Gasteiger partial charge < -0.3 is 11.1 Å². The van der Waals surface area contributed by atoms with Crippen LogP contribution in [-0.2, 0) is 6.54 Å². The van der Waals surface area contributed by atoms with Crippen LogP contribution in [0.1, 0.15) is 17.1 Å². The summed E-state index contributed by atoms with van der Waals surface area (Å²) in [6.45, 7) is 2.32. The van der Waals surface area contributed by atoms with Crippen LogP contribution in [0.4, 0.5) is 5.00 Å². The lowest BCUT2D eigenvalue weighted by molar-refractivity contribution is 0.303. The van der Waals surface area contributed by atoms with Crippen molar-refractivity contribution >= 4 is 22.4 Å². The normalized spacial score (nSPS) is 10.3. The Morgan fingerprint density at radius 2 is 2.44 bits per heavy atom. The van der Waals surface area contributed by atoms with E-state index in [1.54, 1.807) is 0 Å². The summed E-state index contributed by atoms with van der Waals surface area (Å²) in [6.07, 6.45) is 0. The van der Waals surface area contributed by atoms with E-state index in [9.17, 15) is 0 Å². The average Bonchev–Trinajstić information content (AvgIpc) is 2.83.